The maximum atomic E-state index is 15.8. The lowest BCUT2D eigenvalue weighted by Gasteiger charge is -2.37. The van der Waals surface area contributed by atoms with Crippen molar-refractivity contribution in [2.45, 2.75) is 44.4 Å². The number of rotatable bonds is 6. The van der Waals surface area contributed by atoms with Crippen LogP contribution in [0.4, 0.5) is 10.1 Å². The number of benzene rings is 2. The van der Waals surface area contributed by atoms with Crippen LogP contribution in [0.15, 0.2) is 65.7 Å². The fraction of sp³-hybridized carbons (Fsp3) is 0.300. The molecule has 1 aliphatic heterocycles. The third kappa shape index (κ3) is 5.83. The van der Waals surface area contributed by atoms with Crippen molar-refractivity contribution in [1.29, 1.82) is 0 Å². The second-order valence-electron chi connectivity index (χ2n) is 10.3. The molecule has 208 valence electrons. The van der Waals surface area contributed by atoms with E-state index in [0.29, 0.717) is 46.8 Å². The molecule has 10 heteroatoms. The molecule has 0 saturated carbocycles. The quantitative estimate of drug-likeness (QED) is 0.364. The molecule has 3 heterocycles. The molecular weight excluding hydrogens is 531 g/mol. The standard InChI is InChI=1S/C30H31FN4O4S/c1-18-8-9-21(12-28(18)40(4,37)38)30(36)33-15-23-13-26-22(14-32-23)10-11-25(34-26)24-6-5-7-27(29(24)31)35-16-19(2)39-20(3)17-35/h5-14,19-20H,15-17H2,1-4H3,(H,33,36)/t19-,20+. The molecule has 0 bridgehead atoms. The summed E-state index contributed by atoms with van der Waals surface area (Å²) in [6.45, 7) is 6.97. The van der Waals surface area contributed by atoms with Crippen LogP contribution in [0.5, 0.6) is 0 Å². The summed E-state index contributed by atoms with van der Waals surface area (Å²) < 4.78 is 45.6. The van der Waals surface area contributed by atoms with Crippen LogP contribution in [-0.4, -0.2) is 55.8 Å². The SMILES string of the molecule is Cc1ccc(C(=O)NCc2cc3nc(-c4cccc(N5C[C@@H](C)O[C@@H](C)C5)c4F)ccc3cn2)cc1S(C)(=O)=O. The lowest BCUT2D eigenvalue weighted by Crippen LogP contribution is -2.45. The summed E-state index contributed by atoms with van der Waals surface area (Å²) in [5, 5.41) is 3.56. The molecule has 2 aromatic heterocycles. The highest BCUT2D eigenvalue weighted by Crippen LogP contribution is 2.31. The molecule has 0 radical (unpaired) electrons. The maximum absolute atomic E-state index is 15.8. The van der Waals surface area contributed by atoms with Crippen LogP contribution < -0.4 is 10.2 Å². The highest BCUT2D eigenvalue weighted by Gasteiger charge is 2.25. The van der Waals surface area contributed by atoms with E-state index in [0.717, 1.165) is 11.6 Å². The van der Waals surface area contributed by atoms with Crippen molar-refractivity contribution in [3.8, 4) is 11.3 Å². The Kier molecular flexibility index (Phi) is 7.57. The van der Waals surface area contributed by atoms with Gasteiger partial charge in [-0.25, -0.2) is 17.8 Å². The summed E-state index contributed by atoms with van der Waals surface area (Å²) in [5.41, 5.74) is 3.42. The number of hydrogen-bond donors (Lipinski definition) is 1. The number of carbonyl (C=O) groups is 1. The second-order valence-corrected chi connectivity index (χ2v) is 12.3. The number of anilines is 1. The van der Waals surface area contributed by atoms with Crippen LogP contribution in [0.1, 0.15) is 35.5 Å². The molecule has 40 heavy (non-hydrogen) atoms. The van der Waals surface area contributed by atoms with Crippen LogP contribution in [-0.2, 0) is 21.1 Å². The largest absolute Gasteiger partial charge is 0.372 e. The zero-order valence-corrected chi connectivity index (χ0v) is 23.6. The number of aryl methyl sites for hydroxylation is 1. The molecule has 2 atom stereocenters. The lowest BCUT2D eigenvalue weighted by molar-refractivity contribution is -0.00539. The molecule has 0 spiro atoms. The Morgan fingerprint density at radius 2 is 1.85 bits per heavy atom. The molecular formula is C30H31FN4O4S. The predicted octanol–water partition coefficient (Wildman–Crippen LogP) is 4.69. The van der Waals surface area contributed by atoms with Crippen LogP contribution in [0.3, 0.4) is 0 Å². The molecule has 8 nitrogen and oxygen atoms in total. The first-order valence-corrected chi connectivity index (χ1v) is 14.9. The number of morpholine rings is 1. The first kappa shape index (κ1) is 27.7. The van der Waals surface area contributed by atoms with Gasteiger partial charge in [0.2, 0.25) is 0 Å². The highest BCUT2D eigenvalue weighted by molar-refractivity contribution is 7.90. The smallest absolute Gasteiger partial charge is 0.251 e. The van der Waals surface area contributed by atoms with Gasteiger partial charge in [0.15, 0.2) is 15.7 Å². The number of fused-ring (bicyclic) bond motifs is 1. The number of sulfone groups is 1. The van der Waals surface area contributed by atoms with Gasteiger partial charge in [0.25, 0.3) is 5.91 Å². The van der Waals surface area contributed by atoms with Gasteiger partial charge in [-0.05, 0) is 68.8 Å². The topological polar surface area (TPSA) is 101 Å². The van der Waals surface area contributed by atoms with E-state index < -0.39 is 15.7 Å². The number of amides is 1. The summed E-state index contributed by atoms with van der Waals surface area (Å²) >= 11 is 0. The van der Waals surface area contributed by atoms with Crippen LogP contribution in [0, 0.1) is 12.7 Å². The molecule has 1 N–H and O–H groups in total. The van der Waals surface area contributed by atoms with Crippen molar-refractivity contribution in [2.75, 3.05) is 24.2 Å². The van der Waals surface area contributed by atoms with E-state index in [1.54, 1.807) is 49.5 Å². The molecule has 2 aromatic carbocycles. The van der Waals surface area contributed by atoms with E-state index in [1.165, 1.54) is 6.07 Å². The summed E-state index contributed by atoms with van der Waals surface area (Å²) in [5.74, 6) is -0.747. The number of nitrogens with zero attached hydrogens (tertiary/aromatic N) is 3. The van der Waals surface area contributed by atoms with E-state index in [2.05, 4.69) is 10.3 Å². The van der Waals surface area contributed by atoms with Gasteiger partial charge >= 0.3 is 0 Å². The zero-order valence-electron chi connectivity index (χ0n) is 22.8. The zero-order chi connectivity index (χ0) is 28.6. The number of aromatic nitrogens is 2. The average Bonchev–Trinajstić information content (AvgIpc) is 2.90. The van der Waals surface area contributed by atoms with E-state index in [1.807, 2.05) is 30.9 Å². The number of ether oxygens (including phenoxy) is 1. The van der Waals surface area contributed by atoms with Crippen molar-refractivity contribution in [3.05, 3.63) is 83.4 Å². The van der Waals surface area contributed by atoms with Gasteiger partial charge in [0.05, 0.1) is 46.2 Å². The monoisotopic (exact) mass is 562 g/mol. The Bertz CT molecular complexity index is 1700. The lowest BCUT2D eigenvalue weighted by atomic mass is 10.1. The van der Waals surface area contributed by atoms with Crippen molar-refractivity contribution >= 4 is 32.3 Å². The highest BCUT2D eigenvalue weighted by atomic mass is 32.2. The molecule has 0 unspecified atom stereocenters. The van der Waals surface area contributed by atoms with E-state index in [9.17, 15) is 13.2 Å². The minimum absolute atomic E-state index is 0.00440. The van der Waals surface area contributed by atoms with Gasteiger partial charge in [-0.1, -0.05) is 12.1 Å². The van der Waals surface area contributed by atoms with Crippen molar-refractivity contribution in [2.24, 2.45) is 0 Å². The summed E-state index contributed by atoms with van der Waals surface area (Å²) in [4.78, 5) is 24.0. The third-order valence-electron chi connectivity index (χ3n) is 6.92. The molecule has 0 aliphatic carbocycles. The first-order chi connectivity index (χ1) is 19.0. The van der Waals surface area contributed by atoms with Crippen LogP contribution in [0.2, 0.25) is 0 Å². The van der Waals surface area contributed by atoms with Crippen LogP contribution in [0.25, 0.3) is 22.2 Å². The fourth-order valence-corrected chi connectivity index (χ4v) is 6.05. The number of halogens is 1. The number of nitrogens with one attached hydrogen (secondary N) is 1. The normalized spacial score (nSPS) is 17.7. The van der Waals surface area contributed by atoms with Gasteiger partial charge in [0, 0.05) is 42.1 Å². The Balaban J connectivity index is 1.37. The second kappa shape index (κ2) is 10.9. The first-order valence-electron chi connectivity index (χ1n) is 13.0. The molecule has 1 amide bonds. The van der Waals surface area contributed by atoms with Gasteiger partial charge in [-0.2, -0.15) is 0 Å². The van der Waals surface area contributed by atoms with Gasteiger partial charge in [-0.3, -0.25) is 9.78 Å². The Hall–Kier alpha value is -3.89. The van der Waals surface area contributed by atoms with Gasteiger partial charge in [0.1, 0.15) is 0 Å². The minimum Gasteiger partial charge on any atom is -0.372 e. The molecule has 5 rings (SSSR count). The number of carbonyl (C=O) groups excluding carboxylic acids is 1. The Morgan fingerprint density at radius 3 is 2.58 bits per heavy atom. The summed E-state index contributed by atoms with van der Waals surface area (Å²) in [6.07, 6.45) is 2.78. The predicted molar refractivity (Wildman–Crippen MR) is 153 cm³/mol. The Morgan fingerprint density at radius 1 is 1.10 bits per heavy atom. The number of pyridine rings is 2. The average molecular weight is 563 g/mol. The van der Waals surface area contributed by atoms with Crippen molar-refractivity contribution in [3.63, 3.8) is 0 Å². The van der Waals surface area contributed by atoms with Gasteiger partial charge < -0.3 is 15.0 Å². The summed E-state index contributed by atoms with van der Waals surface area (Å²) in [6, 6.07) is 15.3. The molecule has 1 fully saturated rings. The van der Waals surface area contributed by atoms with Crippen molar-refractivity contribution in [1.82, 2.24) is 15.3 Å². The molecule has 4 aromatic rings. The van der Waals surface area contributed by atoms with E-state index in [-0.39, 0.29) is 35.0 Å². The Labute approximate surface area is 233 Å². The van der Waals surface area contributed by atoms with E-state index in [4.69, 9.17) is 9.72 Å². The fourth-order valence-electron chi connectivity index (χ4n) is 5.05. The van der Waals surface area contributed by atoms with Crippen LogP contribution >= 0.6 is 0 Å². The number of hydrogen-bond acceptors (Lipinski definition) is 7. The van der Waals surface area contributed by atoms with E-state index >= 15 is 4.39 Å². The summed E-state index contributed by atoms with van der Waals surface area (Å²) in [7, 11) is -3.46. The van der Waals surface area contributed by atoms with Crippen molar-refractivity contribution < 1.29 is 22.3 Å². The third-order valence-corrected chi connectivity index (χ3v) is 8.16. The van der Waals surface area contributed by atoms with Gasteiger partial charge in [-0.15, -0.1) is 0 Å². The minimum atomic E-state index is -3.46. The molecule has 1 saturated heterocycles. The maximum Gasteiger partial charge on any atom is 0.251 e. The molecule has 1 aliphatic rings.